The molecule has 4 nitrogen and oxygen atoms in total. The largest absolute Gasteiger partial charge is 0.389 e. The lowest BCUT2D eigenvalue weighted by atomic mass is 10.1. The summed E-state index contributed by atoms with van der Waals surface area (Å²) >= 11 is 6.62. The minimum Gasteiger partial charge on any atom is -0.389 e. The average Bonchev–Trinajstić information content (AvgIpc) is 2.42. The maximum Gasteiger partial charge on any atom is 0.261 e. The van der Waals surface area contributed by atoms with E-state index in [1.165, 1.54) is 12.1 Å². The van der Waals surface area contributed by atoms with Crippen molar-refractivity contribution in [3.63, 3.8) is 0 Å². The molecular formula is C14H13Br2NO3S. The summed E-state index contributed by atoms with van der Waals surface area (Å²) in [5.41, 5.74) is 0.994. The molecule has 7 heteroatoms. The van der Waals surface area contributed by atoms with Crippen molar-refractivity contribution in [2.45, 2.75) is 17.9 Å². The van der Waals surface area contributed by atoms with E-state index >= 15 is 0 Å². The number of sulfonamides is 1. The van der Waals surface area contributed by atoms with Crippen LogP contribution in [0, 0.1) is 0 Å². The Morgan fingerprint density at radius 3 is 2.48 bits per heavy atom. The van der Waals surface area contributed by atoms with Crippen molar-refractivity contribution in [1.82, 2.24) is 0 Å². The second-order valence-corrected chi connectivity index (χ2v) is 7.93. The lowest BCUT2D eigenvalue weighted by Crippen LogP contribution is -2.13. The summed E-state index contributed by atoms with van der Waals surface area (Å²) in [6.45, 7) is 1.59. The summed E-state index contributed by atoms with van der Waals surface area (Å²) in [6, 6.07) is 11.4. The number of benzene rings is 2. The second-order valence-electron chi connectivity index (χ2n) is 4.48. The molecule has 0 saturated heterocycles. The van der Waals surface area contributed by atoms with E-state index in [0.29, 0.717) is 15.7 Å². The fourth-order valence-corrected chi connectivity index (χ4v) is 4.13. The highest BCUT2D eigenvalue weighted by Gasteiger charge is 2.17. The molecule has 0 radical (unpaired) electrons. The van der Waals surface area contributed by atoms with Crippen LogP contribution in [0.15, 0.2) is 56.3 Å². The number of rotatable bonds is 4. The Morgan fingerprint density at radius 2 is 1.86 bits per heavy atom. The molecule has 0 amide bonds. The van der Waals surface area contributed by atoms with Gasteiger partial charge in [0.25, 0.3) is 10.0 Å². The third kappa shape index (κ3) is 4.06. The Labute approximate surface area is 140 Å². The summed E-state index contributed by atoms with van der Waals surface area (Å²) in [4.78, 5) is 0.107. The van der Waals surface area contributed by atoms with Crippen LogP contribution in [0.3, 0.4) is 0 Å². The van der Waals surface area contributed by atoms with Gasteiger partial charge in [0.15, 0.2) is 0 Å². The summed E-state index contributed by atoms with van der Waals surface area (Å²) in [5.74, 6) is 0. The third-order valence-corrected chi connectivity index (χ3v) is 5.34. The fourth-order valence-electron chi connectivity index (χ4n) is 1.72. The summed E-state index contributed by atoms with van der Waals surface area (Å²) < 4.78 is 28.8. The molecule has 2 aromatic rings. The second kappa shape index (κ2) is 6.48. The average molecular weight is 435 g/mol. The van der Waals surface area contributed by atoms with Gasteiger partial charge < -0.3 is 5.11 Å². The van der Waals surface area contributed by atoms with Crippen molar-refractivity contribution >= 4 is 47.6 Å². The van der Waals surface area contributed by atoms with Crippen LogP contribution >= 0.6 is 31.9 Å². The smallest absolute Gasteiger partial charge is 0.261 e. The van der Waals surface area contributed by atoms with Gasteiger partial charge in [-0.25, -0.2) is 8.42 Å². The third-order valence-electron chi connectivity index (χ3n) is 2.83. The maximum atomic E-state index is 12.4. The topological polar surface area (TPSA) is 66.4 Å². The highest BCUT2D eigenvalue weighted by atomic mass is 79.9. The number of hydrogen-bond acceptors (Lipinski definition) is 3. The molecule has 0 aliphatic carbocycles. The number of nitrogens with one attached hydrogen (secondary N) is 1. The lowest BCUT2D eigenvalue weighted by Gasteiger charge is -2.12. The molecule has 2 rings (SSSR count). The first-order chi connectivity index (χ1) is 9.79. The number of hydrogen-bond donors (Lipinski definition) is 2. The van der Waals surface area contributed by atoms with Gasteiger partial charge in [-0.3, -0.25) is 4.72 Å². The number of aliphatic hydroxyl groups is 1. The molecule has 0 spiro atoms. The van der Waals surface area contributed by atoms with E-state index in [4.69, 9.17) is 0 Å². The Kier molecular flexibility index (Phi) is 5.08. The van der Waals surface area contributed by atoms with E-state index in [1.54, 1.807) is 37.3 Å². The maximum absolute atomic E-state index is 12.4. The molecule has 0 heterocycles. The van der Waals surface area contributed by atoms with E-state index in [9.17, 15) is 13.5 Å². The van der Waals surface area contributed by atoms with Crippen molar-refractivity contribution in [2.75, 3.05) is 4.72 Å². The first kappa shape index (κ1) is 16.5. The van der Waals surface area contributed by atoms with Crippen LogP contribution in [-0.4, -0.2) is 13.5 Å². The first-order valence-electron chi connectivity index (χ1n) is 6.05. The highest BCUT2D eigenvalue weighted by Crippen LogP contribution is 2.28. The van der Waals surface area contributed by atoms with Crippen LogP contribution < -0.4 is 4.72 Å². The van der Waals surface area contributed by atoms with Gasteiger partial charge in [0, 0.05) is 8.95 Å². The van der Waals surface area contributed by atoms with Gasteiger partial charge in [-0.2, -0.15) is 0 Å². The molecule has 1 unspecified atom stereocenters. The van der Waals surface area contributed by atoms with Gasteiger partial charge >= 0.3 is 0 Å². The molecule has 0 saturated carbocycles. The van der Waals surface area contributed by atoms with Gasteiger partial charge in [0.1, 0.15) is 0 Å². The summed E-state index contributed by atoms with van der Waals surface area (Å²) in [7, 11) is -3.71. The number of aliphatic hydroxyl groups excluding tert-OH is 1. The predicted octanol–water partition coefficient (Wildman–Crippen LogP) is 4.07. The number of halogens is 2. The molecule has 2 aromatic carbocycles. The van der Waals surface area contributed by atoms with E-state index in [0.717, 1.165) is 4.47 Å². The van der Waals surface area contributed by atoms with Gasteiger partial charge in [-0.05, 0) is 58.7 Å². The van der Waals surface area contributed by atoms with Crippen LogP contribution in [0.1, 0.15) is 18.6 Å². The molecular weight excluding hydrogens is 422 g/mol. The normalized spacial score (nSPS) is 13.0. The van der Waals surface area contributed by atoms with Gasteiger partial charge in [-0.15, -0.1) is 0 Å². The van der Waals surface area contributed by atoms with Crippen molar-refractivity contribution in [1.29, 1.82) is 0 Å². The fraction of sp³-hybridized carbons (Fsp3) is 0.143. The number of anilines is 1. The zero-order valence-electron chi connectivity index (χ0n) is 11.0. The SMILES string of the molecule is CC(O)c1cccc(S(=O)(=O)Nc2ccc(Br)cc2Br)c1. The quantitative estimate of drug-likeness (QED) is 0.762. The predicted molar refractivity (Wildman–Crippen MR) is 89.7 cm³/mol. The minimum absolute atomic E-state index is 0.107. The summed E-state index contributed by atoms with van der Waals surface area (Å²) in [5, 5.41) is 9.55. The van der Waals surface area contributed by atoms with E-state index in [-0.39, 0.29) is 4.90 Å². The molecule has 0 aliphatic rings. The van der Waals surface area contributed by atoms with Crippen molar-refractivity contribution in [2.24, 2.45) is 0 Å². The van der Waals surface area contributed by atoms with Crippen molar-refractivity contribution in [3.8, 4) is 0 Å². The van der Waals surface area contributed by atoms with Crippen LogP contribution in [0.4, 0.5) is 5.69 Å². The minimum atomic E-state index is -3.71. The molecule has 21 heavy (non-hydrogen) atoms. The van der Waals surface area contributed by atoms with Crippen LogP contribution in [0.2, 0.25) is 0 Å². The summed E-state index contributed by atoms with van der Waals surface area (Å²) in [6.07, 6.45) is -0.723. The molecule has 0 bridgehead atoms. The van der Waals surface area contributed by atoms with Crippen molar-refractivity contribution < 1.29 is 13.5 Å². The highest BCUT2D eigenvalue weighted by molar-refractivity contribution is 9.11. The standard InChI is InChI=1S/C14H13Br2NO3S/c1-9(18)10-3-2-4-12(7-10)21(19,20)17-14-6-5-11(15)8-13(14)16/h2-9,17-18H,1H3. The van der Waals surface area contributed by atoms with Crippen molar-refractivity contribution in [3.05, 3.63) is 57.0 Å². The molecule has 0 aliphatic heterocycles. The Morgan fingerprint density at radius 1 is 1.14 bits per heavy atom. The van der Waals surface area contributed by atoms with Crippen LogP contribution in [0.5, 0.6) is 0 Å². The van der Waals surface area contributed by atoms with E-state index < -0.39 is 16.1 Å². The molecule has 2 N–H and O–H groups in total. The van der Waals surface area contributed by atoms with Gasteiger partial charge in [0.05, 0.1) is 16.7 Å². The van der Waals surface area contributed by atoms with Gasteiger partial charge in [0.2, 0.25) is 0 Å². The molecule has 0 aromatic heterocycles. The molecule has 112 valence electrons. The Bertz CT molecular complexity index is 761. The zero-order chi connectivity index (χ0) is 15.6. The first-order valence-corrected chi connectivity index (χ1v) is 9.12. The zero-order valence-corrected chi connectivity index (χ0v) is 15.0. The van der Waals surface area contributed by atoms with Crippen LogP contribution in [0.25, 0.3) is 0 Å². The van der Waals surface area contributed by atoms with E-state index in [1.807, 2.05) is 0 Å². The Hall–Kier alpha value is -0.890. The van der Waals surface area contributed by atoms with Crippen LogP contribution in [-0.2, 0) is 10.0 Å². The lowest BCUT2D eigenvalue weighted by molar-refractivity contribution is 0.199. The van der Waals surface area contributed by atoms with Gasteiger partial charge in [-0.1, -0.05) is 28.1 Å². The van der Waals surface area contributed by atoms with E-state index in [2.05, 4.69) is 36.6 Å². The monoisotopic (exact) mass is 433 g/mol. The molecule has 0 fully saturated rings. The molecule has 1 atom stereocenters. The Balaban J connectivity index is 2.36.